The fraction of sp³-hybridized carbons (Fsp3) is 0.900. The van der Waals surface area contributed by atoms with Crippen LogP contribution in [0.15, 0.2) is 0 Å². The fourth-order valence-electron chi connectivity index (χ4n) is 0.891. The van der Waals surface area contributed by atoms with Crippen molar-refractivity contribution in [2.75, 3.05) is 6.54 Å². The van der Waals surface area contributed by atoms with Gasteiger partial charge in [-0.05, 0) is 34.6 Å². The largest absolute Gasteiger partial charge is 0.481 e. The van der Waals surface area contributed by atoms with Gasteiger partial charge in [-0.25, -0.2) is 0 Å². The second kappa shape index (κ2) is 4.28. The Morgan fingerprint density at radius 3 is 2.07 bits per heavy atom. The second-order valence-corrected chi connectivity index (χ2v) is 4.79. The smallest absolute Gasteiger partial charge is 0.310 e. The van der Waals surface area contributed by atoms with Crippen molar-refractivity contribution in [2.24, 2.45) is 5.41 Å². The predicted molar refractivity (Wildman–Crippen MR) is 55.2 cm³/mol. The van der Waals surface area contributed by atoms with Crippen LogP contribution in [0.3, 0.4) is 0 Å². The van der Waals surface area contributed by atoms with Gasteiger partial charge in [0, 0.05) is 12.1 Å². The first kappa shape index (κ1) is 13.4. The third-order valence-corrected chi connectivity index (χ3v) is 2.94. The number of aliphatic hydroxyl groups is 1. The maximum Gasteiger partial charge on any atom is 0.310 e. The molecule has 0 radical (unpaired) electrons. The molecule has 0 bridgehead atoms. The van der Waals surface area contributed by atoms with E-state index in [-0.39, 0.29) is 0 Å². The average molecular weight is 203 g/mol. The Morgan fingerprint density at radius 1 is 1.36 bits per heavy atom. The number of carboxylic acids is 1. The third-order valence-electron chi connectivity index (χ3n) is 2.94. The van der Waals surface area contributed by atoms with Crippen LogP contribution in [-0.4, -0.2) is 34.4 Å². The number of nitrogens with one attached hydrogen (secondary N) is 1. The van der Waals surface area contributed by atoms with E-state index in [9.17, 15) is 4.79 Å². The lowest BCUT2D eigenvalue weighted by atomic mass is 9.74. The van der Waals surface area contributed by atoms with Crippen LogP contribution in [0, 0.1) is 5.41 Å². The summed E-state index contributed by atoms with van der Waals surface area (Å²) in [6.07, 6.45) is -0.473. The first-order valence-corrected chi connectivity index (χ1v) is 4.78. The van der Waals surface area contributed by atoms with E-state index in [4.69, 9.17) is 10.2 Å². The molecule has 0 aromatic carbocycles. The number of hydrogen-bond acceptors (Lipinski definition) is 3. The highest BCUT2D eigenvalue weighted by molar-refractivity contribution is 5.75. The van der Waals surface area contributed by atoms with Crippen LogP contribution in [-0.2, 0) is 4.79 Å². The molecular formula is C10H21NO3. The Morgan fingerprint density at radius 2 is 1.79 bits per heavy atom. The summed E-state index contributed by atoms with van der Waals surface area (Å²) in [7, 11) is 0. The Hall–Kier alpha value is -0.610. The molecule has 0 aliphatic rings. The monoisotopic (exact) mass is 203 g/mol. The molecule has 4 nitrogen and oxygen atoms in total. The van der Waals surface area contributed by atoms with E-state index < -0.39 is 23.0 Å². The van der Waals surface area contributed by atoms with E-state index in [0.717, 1.165) is 0 Å². The molecule has 1 atom stereocenters. The second-order valence-electron chi connectivity index (χ2n) is 4.79. The van der Waals surface area contributed by atoms with Crippen LogP contribution in [0.4, 0.5) is 0 Å². The van der Waals surface area contributed by atoms with Gasteiger partial charge in [-0.3, -0.25) is 4.79 Å². The molecule has 0 saturated carbocycles. The third kappa shape index (κ3) is 2.96. The van der Waals surface area contributed by atoms with Crippen molar-refractivity contribution >= 4 is 5.97 Å². The molecule has 1 unspecified atom stereocenters. The highest BCUT2D eigenvalue weighted by atomic mass is 16.4. The van der Waals surface area contributed by atoms with Crippen LogP contribution < -0.4 is 5.32 Å². The molecule has 0 saturated heterocycles. The van der Waals surface area contributed by atoms with Crippen LogP contribution in [0.5, 0.6) is 0 Å². The van der Waals surface area contributed by atoms with Gasteiger partial charge >= 0.3 is 5.97 Å². The number of carbonyl (C=O) groups is 1. The minimum absolute atomic E-state index is 0.393. The van der Waals surface area contributed by atoms with Gasteiger partial charge in [0.1, 0.15) is 0 Å². The van der Waals surface area contributed by atoms with Crippen LogP contribution in [0.25, 0.3) is 0 Å². The van der Waals surface area contributed by atoms with Crippen molar-refractivity contribution in [1.82, 2.24) is 5.32 Å². The van der Waals surface area contributed by atoms with Gasteiger partial charge in [0.2, 0.25) is 0 Å². The zero-order valence-corrected chi connectivity index (χ0v) is 9.59. The topological polar surface area (TPSA) is 69.6 Å². The van der Waals surface area contributed by atoms with Crippen LogP contribution in [0.2, 0.25) is 0 Å². The molecule has 0 aliphatic heterocycles. The lowest BCUT2D eigenvalue weighted by Crippen LogP contribution is -2.56. The van der Waals surface area contributed by atoms with Gasteiger partial charge in [0.25, 0.3) is 0 Å². The number of hydrogen-bond donors (Lipinski definition) is 3. The lowest BCUT2D eigenvalue weighted by Gasteiger charge is -2.39. The molecule has 84 valence electrons. The molecular weight excluding hydrogens is 182 g/mol. The van der Waals surface area contributed by atoms with Crippen molar-refractivity contribution in [3.63, 3.8) is 0 Å². The van der Waals surface area contributed by atoms with E-state index >= 15 is 0 Å². The quantitative estimate of drug-likeness (QED) is 0.619. The van der Waals surface area contributed by atoms with E-state index in [1.54, 1.807) is 20.8 Å². The van der Waals surface area contributed by atoms with Gasteiger partial charge in [-0.2, -0.15) is 0 Å². The highest BCUT2D eigenvalue weighted by Crippen LogP contribution is 2.30. The predicted octanol–water partition coefficient (Wildman–Crippen LogP) is 0.846. The first-order valence-electron chi connectivity index (χ1n) is 4.78. The van der Waals surface area contributed by atoms with E-state index in [1.807, 2.05) is 13.8 Å². The first-order chi connectivity index (χ1) is 6.11. The molecule has 0 rings (SSSR count). The Bertz CT molecular complexity index is 209. The molecule has 0 heterocycles. The minimum Gasteiger partial charge on any atom is -0.481 e. The Labute approximate surface area is 85.3 Å². The van der Waals surface area contributed by atoms with Crippen molar-refractivity contribution in [3.05, 3.63) is 0 Å². The fourth-order valence-corrected chi connectivity index (χ4v) is 0.891. The SMILES string of the molecule is CC(O)CNC(C)(C)C(C)(C)C(=O)O. The summed E-state index contributed by atoms with van der Waals surface area (Å²) in [6.45, 7) is 9.04. The summed E-state index contributed by atoms with van der Waals surface area (Å²) in [5, 5.41) is 21.2. The molecule has 0 fully saturated rings. The minimum atomic E-state index is -0.873. The molecule has 0 amide bonds. The maximum atomic E-state index is 11.0. The molecule has 3 N–H and O–H groups in total. The zero-order valence-electron chi connectivity index (χ0n) is 9.59. The summed E-state index contributed by atoms with van der Waals surface area (Å²) in [5.41, 5.74) is -1.43. The van der Waals surface area contributed by atoms with Crippen LogP contribution in [0.1, 0.15) is 34.6 Å². The standard InChI is InChI=1S/C10H21NO3/c1-7(12)6-11-10(4,5)9(2,3)8(13)14/h7,11-12H,6H2,1-5H3,(H,13,14). The summed E-state index contributed by atoms with van der Waals surface area (Å²) in [6, 6.07) is 0. The maximum absolute atomic E-state index is 11.0. The van der Waals surface area contributed by atoms with Gasteiger partial charge in [-0.1, -0.05) is 0 Å². The average Bonchev–Trinajstić information content (AvgIpc) is 2.00. The molecule has 4 heteroatoms. The number of aliphatic hydroxyl groups excluding tert-OH is 1. The molecule has 0 spiro atoms. The van der Waals surface area contributed by atoms with Crippen molar-refractivity contribution < 1.29 is 15.0 Å². The van der Waals surface area contributed by atoms with E-state index in [0.29, 0.717) is 6.54 Å². The molecule has 0 aromatic rings. The van der Waals surface area contributed by atoms with Gasteiger partial charge in [0.05, 0.1) is 11.5 Å². The number of aliphatic carboxylic acids is 1. The normalized spacial score (nSPS) is 15.3. The summed E-state index contributed by atoms with van der Waals surface area (Å²) >= 11 is 0. The zero-order chi connectivity index (χ0) is 11.6. The number of rotatable bonds is 5. The Balaban J connectivity index is 4.52. The van der Waals surface area contributed by atoms with Crippen molar-refractivity contribution in [3.8, 4) is 0 Å². The van der Waals surface area contributed by atoms with E-state index in [2.05, 4.69) is 5.32 Å². The number of carboxylic acid groups (broad SMARTS) is 1. The van der Waals surface area contributed by atoms with Crippen molar-refractivity contribution in [1.29, 1.82) is 0 Å². The lowest BCUT2D eigenvalue weighted by molar-refractivity contribution is -0.151. The van der Waals surface area contributed by atoms with Gasteiger partial charge in [0.15, 0.2) is 0 Å². The summed E-state index contributed by atoms with van der Waals surface area (Å²) < 4.78 is 0. The van der Waals surface area contributed by atoms with Crippen LogP contribution >= 0.6 is 0 Å². The number of β-amino-alcohol motifs (C(OH)–C–C–N with tert-alkyl or cyclic N) is 1. The molecule has 0 aliphatic carbocycles. The Kier molecular flexibility index (Phi) is 4.09. The van der Waals surface area contributed by atoms with Gasteiger partial charge < -0.3 is 15.5 Å². The highest BCUT2D eigenvalue weighted by Gasteiger charge is 2.43. The summed E-state index contributed by atoms with van der Waals surface area (Å²) in [5.74, 6) is -0.847. The summed E-state index contributed by atoms with van der Waals surface area (Å²) in [4.78, 5) is 11.0. The van der Waals surface area contributed by atoms with E-state index in [1.165, 1.54) is 0 Å². The van der Waals surface area contributed by atoms with Gasteiger partial charge in [-0.15, -0.1) is 0 Å². The van der Waals surface area contributed by atoms with Crippen molar-refractivity contribution in [2.45, 2.75) is 46.3 Å². The molecule has 0 aromatic heterocycles. The molecule has 14 heavy (non-hydrogen) atoms.